The van der Waals surface area contributed by atoms with E-state index in [0.717, 1.165) is 0 Å². The zero-order valence-corrected chi connectivity index (χ0v) is 8.30. The summed E-state index contributed by atoms with van der Waals surface area (Å²) in [6.07, 6.45) is 3.92. The van der Waals surface area contributed by atoms with Crippen molar-refractivity contribution < 1.29 is 5.11 Å². The number of benzene rings is 1. The van der Waals surface area contributed by atoms with E-state index in [4.69, 9.17) is 0 Å². The maximum Gasteiger partial charge on any atom is 0.115 e. The van der Waals surface area contributed by atoms with Crippen LogP contribution < -0.4 is 0 Å². The van der Waals surface area contributed by atoms with Gasteiger partial charge in [-0.2, -0.15) is 0 Å². The summed E-state index contributed by atoms with van der Waals surface area (Å²) in [5.74, 6) is 0.379. The number of hydrogen-bond donors (Lipinski definition) is 1. The largest absolute Gasteiger partial charge is 0.508 e. The van der Waals surface area contributed by atoms with Gasteiger partial charge in [0.25, 0.3) is 0 Å². The van der Waals surface area contributed by atoms with Gasteiger partial charge in [-0.25, -0.2) is 0 Å². The Labute approximate surface area is 79.4 Å². The van der Waals surface area contributed by atoms with Crippen molar-refractivity contribution in [1.82, 2.24) is 0 Å². The number of rotatable bonds is 1. The summed E-state index contributed by atoms with van der Waals surface area (Å²) in [7, 11) is 0. The lowest BCUT2D eigenvalue weighted by molar-refractivity contribution is 0.270. The molecule has 0 radical (unpaired) electrons. The Morgan fingerprint density at radius 1 is 1.31 bits per heavy atom. The third-order valence-corrected chi connectivity index (χ3v) is 3.32. The second-order valence-electron chi connectivity index (χ2n) is 4.41. The molecule has 1 aromatic rings. The first-order chi connectivity index (χ1) is 6.12. The zero-order chi connectivity index (χ0) is 9.47. The minimum Gasteiger partial charge on any atom is -0.508 e. The molecule has 0 aliphatic heterocycles. The van der Waals surface area contributed by atoms with E-state index in [1.807, 2.05) is 6.07 Å². The van der Waals surface area contributed by atoms with Crippen molar-refractivity contribution in [3.63, 3.8) is 0 Å². The first-order valence-corrected chi connectivity index (χ1v) is 4.92. The Morgan fingerprint density at radius 2 is 2.00 bits per heavy atom. The zero-order valence-electron chi connectivity index (χ0n) is 8.30. The molecular formula is C12H16O. The van der Waals surface area contributed by atoms with E-state index in [1.54, 1.807) is 6.07 Å². The van der Waals surface area contributed by atoms with Crippen LogP contribution in [0.2, 0.25) is 0 Å². The predicted octanol–water partition coefficient (Wildman–Crippen LogP) is 3.14. The van der Waals surface area contributed by atoms with Crippen LogP contribution in [0.4, 0.5) is 0 Å². The molecule has 1 aromatic carbocycles. The molecule has 13 heavy (non-hydrogen) atoms. The van der Waals surface area contributed by atoms with Gasteiger partial charge in [0.05, 0.1) is 0 Å². The number of aryl methyl sites for hydroxylation is 1. The molecule has 2 rings (SSSR count). The lowest BCUT2D eigenvalue weighted by atomic mass is 9.65. The summed E-state index contributed by atoms with van der Waals surface area (Å²) < 4.78 is 0. The van der Waals surface area contributed by atoms with Crippen LogP contribution in [0.25, 0.3) is 0 Å². The lowest BCUT2D eigenvalue weighted by Gasteiger charge is -2.40. The van der Waals surface area contributed by atoms with Gasteiger partial charge in [-0.1, -0.05) is 19.4 Å². The van der Waals surface area contributed by atoms with Crippen LogP contribution in [0.5, 0.6) is 5.75 Å². The van der Waals surface area contributed by atoms with Crippen LogP contribution in [0.3, 0.4) is 0 Å². The molecule has 0 heterocycles. The molecule has 1 heteroatoms. The summed E-state index contributed by atoms with van der Waals surface area (Å²) in [4.78, 5) is 0. The Balaban J connectivity index is 2.40. The fraction of sp³-hybridized carbons (Fsp3) is 0.500. The second kappa shape index (κ2) is 2.76. The van der Waals surface area contributed by atoms with Gasteiger partial charge in [-0.05, 0) is 48.4 Å². The number of aromatic hydroxyl groups is 1. The van der Waals surface area contributed by atoms with Gasteiger partial charge in [0, 0.05) is 0 Å². The van der Waals surface area contributed by atoms with Gasteiger partial charge in [-0.15, -0.1) is 0 Å². The highest BCUT2D eigenvalue weighted by Gasteiger charge is 2.34. The van der Waals surface area contributed by atoms with E-state index in [9.17, 15) is 5.11 Å². The van der Waals surface area contributed by atoms with Gasteiger partial charge >= 0.3 is 0 Å². The van der Waals surface area contributed by atoms with E-state index in [1.165, 1.54) is 30.4 Å². The smallest absolute Gasteiger partial charge is 0.115 e. The Bertz CT molecular complexity index is 324. The van der Waals surface area contributed by atoms with Gasteiger partial charge < -0.3 is 5.11 Å². The molecule has 1 aliphatic carbocycles. The summed E-state index contributed by atoms with van der Waals surface area (Å²) in [5, 5.41) is 9.29. The molecule has 1 nitrogen and oxygen atoms in total. The minimum atomic E-state index is 0.379. The lowest BCUT2D eigenvalue weighted by Crippen LogP contribution is -2.31. The molecular weight excluding hydrogens is 160 g/mol. The highest BCUT2D eigenvalue weighted by Crippen LogP contribution is 2.44. The standard InChI is InChI=1S/C12H16O/c1-9-8-10(13)4-5-11(9)12(2)6-3-7-12/h4-5,8,13H,3,6-7H2,1-2H3. The van der Waals surface area contributed by atoms with E-state index >= 15 is 0 Å². The van der Waals surface area contributed by atoms with Crippen molar-refractivity contribution in [2.45, 2.75) is 38.5 Å². The van der Waals surface area contributed by atoms with Crippen molar-refractivity contribution >= 4 is 0 Å². The first kappa shape index (κ1) is 8.61. The van der Waals surface area contributed by atoms with E-state index < -0.39 is 0 Å². The van der Waals surface area contributed by atoms with E-state index in [0.29, 0.717) is 11.2 Å². The average molecular weight is 176 g/mol. The van der Waals surface area contributed by atoms with Gasteiger partial charge in [0.2, 0.25) is 0 Å². The Kier molecular flexibility index (Phi) is 1.83. The highest BCUT2D eigenvalue weighted by atomic mass is 16.3. The predicted molar refractivity (Wildman–Crippen MR) is 54.0 cm³/mol. The molecule has 0 spiro atoms. The SMILES string of the molecule is Cc1cc(O)ccc1C1(C)CCC1. The minimum absolute atomic E-state index is 0.379. The maximum absolute atomic E-state index is 9.29. The van der Waals surface area contributed by atoms with Crippen LogP contribution >= 0.6 is 0 Å². The summed E-state index contributed by atoms with van der Waals surface area (Å²) in [5.41, 5.74) is 3.02. The van der Waals surface area contributed by atoms with Crippen molar-refractivity contribution in [3.05, 3.63) is 29.3 Å². The van der Waals surface area contributed by atoms with Gasteiger partial charge in [0.1, 0.15) is 5.75 Å². The van der Waals surface area contributed by atoms with Gasteiger partial charge in [-0.3, -0.25) is 0 Å². The summed E-state index contributed by atoms with van der Waals surface area (Å²) in [6.45, 7) is 4.40. The topological polar surface area (TPSA) is 20.2 Å². The normalized spacial score (nSPS) is 19.5. The van der Waals surface area contributed by atoms with Crippen molar-refractivity contribution in [2.24, 2.45) is 0 Å². The van der Waals surface area contributed by atoms with Crippen molar-refractivity contribution in [1.29, 1.82) is 0 Å². The molecule has 0 aromatic heterocycles. The molecule has 0 amide bonds. The first-order valence-electron chi connectivity index (χ1n) is 4.92. The molecule has 0 atom stereocenters. The van der Waals surface area contributed by atoms with Gasteiger partial charge in [0.15, 0.2) is 0 Å². The van der Waals surface area contributed by atoms with Crippen molar-refractivity contribution in [3.8, 4) is 5.75 Å². The quantitative estimate of drug-likeness (QED) is 0.697. The number of hydrogen-bond acceptors (Lipinski definition) is 1. The van der Waals surface area contributed by atoms with Crippen molar-refractivity contribution in [2.75, 3.05) is 0 Å². The molecule has 1 fully saturated rings. The Hall–Kier alpha value is -0.980. The van der Waals surface area contributed by atoms with Crippen LogP contribution in [0.1, 0.15) is 37.3 Å². The number of phenolic OH excluding ortho intramolecular Hbond substituents is 1. The van der Waals surface area contributed by atoms with E-state index in [2.05, 4.69) is 19.9 Å². The fourth-order valence-electron chi connectivity index (χ4n) is 2.30. The molecule has 70 valence electrons. The monoisotopic (exact) mass is 176 g/mol. The molecule has 0 unspecified atom stereocenters. The highest BCUT2D eigenvalue weighted by molar-refractivity contribution is 5.39. The molecule has 0 bridgehead atoms. The summed E-state index contributed by atoms with van der Waals surface area (Å²) >= 11 is 0. The second-order valence-corrected chi connectivity index (χ2v) is 4.41. The maximum atomic E-state index is 9.29. The van der Waals surface area contributed by atoms with Crippen LogP contribution in [0.15, 0.2) is 18.2 Å². The molecule has 1 N–H and O–H groups in total. The van der Waals surface area contributed by atoms with Crippen LogP contribution in [-0.4, -0.2) is 5.11 Å². The average Bonchev–Trinajstić information content (AvgIpc) is 2.00. The molecule has 0 saturated heterocycles. The third kappa shape index (κ3) is 1.32. The summed E-state index contributed by atoms with van der Waals surface area (Å²) in [6, 6.07) is 5.73. The molecule has 1 aliphatic rings. The van der Waals surface area contributed by atoms with Crippen LogP contribution in [-0.2, 0) is 5.41 Å². The third-order valence-electron chi connectivity index (χ3n) is 3.32. The Morgan fingerprint density at radius 3 is 2.46 bits per heavy atom. The number of phenols is 1. The van der Waals surface area contributed by atoms with Crippen LogP contribution in [0, 0.1) is 6.92 Å². The fourth-order valence-corrected chi connectivity index (χ4v) is 2.30. The molecule has 1 saturated carbocycles. The van der Waals surface area contributed by atoms with E-state index in [-0.39, 0.29) is 0 Å².